The molecule has 0 atom stereocenters. The fraction of sp³-hybridized carbons (Fsp3) is 0.235. The van der Waals surface area contributed by atoms with Crippen LogP contribution in [0.4, 0.5) is 11.4 Å². The molecule has 3 rings (SSSR count). The molecule has 0 radical (unpaired) electrons. The Morgan fingerprint density at radius 1 is 1.29 bits per heavy atom. The Labute approximate surface area is 139 Å². The Balaban J connectivity index is 1.73. The summed E-state index contributed by atoms with van der Waals surface area (Å²) in [6.45, 7) is 0.652. The van der Waals surface area contributed by atoms with E-state index in [0.29, 0.717) is 23.3 Å². The zero-order valence-corrected chi connectivity index (χ0v) is 13.6. The number of nitrogens with zero attached hydrogens (tertiary/aromatic N) is 4. The Kier molecular flexibility index (Phi) is 4.43. The smallest absolute Gasteiger partial charge is 0.257 e. The summed E-state index contributed by atoms with van der Waals surface area (Å²) in [5.41, 5.74) is 3.55. The number of likely N-dealkylation sites (N-methyl/N-ethyl adjacent to an activating group) is 1. The molecule has 0 fully saturated rings. The van der Waals surface area contributed by atoms with Crippen LogP contribution >= 0.6 is 0 Å². The van der Waals surface area contributed by atoms with Gasteiger partial charge in [-0.3, -0.25) is 4.79 Å². The number of carbonyl (C=O) groups is 1. The molecule has 124 valence electrons. The Hall–Kier alpha value is -2.93. The summed E-state index contributed by atoms with van der Waals surface area (Å²) in [5.74, 6) is -0.230. The molecule has 0 unspecified atom stereocenters. The van der Waals surface area contributed by atoms with Crippen molar-refractivity contribution in [3.8, 4) is 0 Å². The van der Waals surface area contributed by atoms with E-state index in [1.54, 1.807) is 23.2 Å². The van der Waals surface area contributed by atoms with Crippen molar-refractivity contribution in [1.82, 2.24) is 14.5 Å². The van der Waals surface area contributed by atoms with Gasteiger partial charge < -0.3 is 19.9 Å². The third-order valence-corrected chi connectivity index (χ3v) is 3.81. The number of aryl methyl sites for hydroxylation is 1. The molecule has 0 bridgehead atoms. The van der Waals surface area contributed by atoms with Gasteiger partial charge in [-0.05, 0) is 30.3 Å². The van der Waals surface area contributed by atoms with Crippen LogP contribution in [0.25, 0.3) is 11.2 Å². The van der Waals surface area contributed by atoms with Gasteiger partial charge in [-0.2, -0.15) is 0 Å². The number of nitrogens with one attached hydrogen (secondary N) is 1. The number of hydrogen-bond acceptors (Lipinski definition) is 5. The van der Waals surface area contributed by atoms with Crippen LogP contribution in [-0.4, -0.2) is 45.7 Å². The van der Waals surface area contributed by atoms with Gasteiger partial charge in [0.25, 0.3) is 5.91 Å². The first-order chi connectivity index (χ1) is 11.6. The number of aliphatic hydroxyl groups is 1. The number of anilines is 2. The molecule has 0 aliphatic heterocycles. The van der Waals surface area contributed by atoms with E-state index < -0.39 is 0 Å². The minimum Gasteiger partial charge on any atom is -0.395 e. The van der Waals surface area contributed by atoms with Crippen LogP contribution in [0.5, 0.6) is 0 Å². The number of rotatable bonds is 5. The average molecular weight is 325 g/mol. The third-order valence-electron chi connectivity index (χ3n) is 3.81. The molecule has 1 amide bonds. The van der Waals surface area contributed by atoms with E-state index in [-0.39, 0.29) is 12.5 Å². The molecule has 3 aromatic rings. The number of aliphatic hydroxyl groups excluding tert-OH is 1. The third kappa shape index (κ3) is 3.21. The molecule has 0 aliphatic carbocycles. The molecule has 0 saturated carbocycles. The van der Waals surface area contributed by atoms with Gasteiger partial charge in [-0.25, -0.2) is 9.97 Å². The summed E-state index contributed by atoms with van der Waals surface area (Å²) in [6, 6.07) is 9.17. The standard InChI is InChI=1S/C17H19N5O2/c1-21(7-8-23)14-5-3-13(4-6-14)20-17(24)12-9-15-16(18-10-12)22(2)11-19-15/h3-6,9-11,23H,7-8H2,1-2H3,(H,20,24). The molecule has 7 heteroatoms. The highest BCUT2D eigenvalue weighted by atomic mass is 16.3. The molecule has 0 saturated heterocycles. The lowest BCUT2D eigenvalue weighted by atomic mass is 10.2. The quantitative estimate of drug-likeness (QED) is 0.745. The number of pyridine rings is 1. The second kappa shape index (κ2) is 6.67. The average Bonchev–Trinajstić information content (AvgIpc) is 2.96. The van der Waals surface area contributed by atoms with E-state index in [1.165, 1.54) is 0 Å². The van der Waals surface area contributed by atoms with E-state index in [2.05, 4.69) is 15.3 Å². The lowest BCUT2D eigenvalue weighted by Crippen LogP contribution is -2.21. The summed E-state index contributed by atoms with van der Waals surface area (Å²) in [6.07, 6.45) is 3.21. The van der Waals surface area contributed by atoms with E-state index >= 15 is 0 Å². The maximum absolute atomic E-state index is 12.4. The van der Waals surface area contributed by atoms with E-state index in [1.807, 2.05) is 43.3 Å². The fourth-order valence-corrected chi connectivity index (χ4v) is 2.42. The lowest BCUT2D eigenvalue weighted by Gasteiger charge is -2.18. The number of aromatic nitrogens is 3. The summed E-state index contributed by atoms with van der Waals surface area (Å²) in [5, 5.41) is 11.8. The number of carbonyl (C=O) groups excluding carboxylic acids is 1. The molecule has 0 spiro atoms. The second-order valence-electron chi connectivity index (χ2n) is 5.57. The van der Waals surface area contributed by atoms with Crippen molar-refractivity contribution < 1.29 is 9.90 Å². The van der Waals surface area contributed by atoms with Crippen molar-refractivity contribution in [2.75, 3.05) is 30.4 Å². The Morgan fingerprint density at radius 2 is 2.04 bits per heavy atom. The molecule has 0 aliphatic rings. The highest BCUT2D eigenvalue weighted by molar-refractivity contribution is 6.05. The molecule has 24 heavy (non-hydrogen) atoms. The van der Waals surface area contributed by atoms with Crippen LogP contribution in [0.1, 0.15) is 10.4 Å². The Morgan fingerprint density at radius 3 is 2.75 bits per heavy atom. The molecular formula is C17H19N5O2. The highest BCUT2D eigenvalue weighted by Gasteiger charge is 2.10. The fourth-order valence-electron chi connectivity index (χ4n) is 2.42. The zero-order chi connectivity index (χ0) is 17.1. The largest absolute Gasteiger partial charge is 0.395 e. The number of fused-ring (bicyclic) bond motifs is 1. The minimum absolute atomic E-state index is 0.0952. The van der Waals surface area contributed by atoms with Crippen molar-refractivity contribution in [3.05, 3.63) is 48.4 Å². The van der Waals surface area contributed by atoms with Crippen molar-refractivity contribution >= 4 is 28.4 Å². The first-order valence-corrected chi connectivity index (χ1v) is 7.59. The molecule has 1 aromatic carbocycles. The summed E-state index contributed by atoms with van der Waals surface area (Å²) < 4.78 is 1.80. The van der Waals surface area contributed by atoms with Crippen LogP contribution in [-0.2, 0) is 7.05 Å². The van der Waals surface area contributed by atoms with Gasteiger partial charge in [-0.1, -0.05) is 0 Å². The van der Waals surface area contributed by atoms with Gasteiger partial charge in [-0.15, -0.1) is 0 Å². The molecule has 2 aromatic heterocycles. The lowest BCUT2D eigenvalue weighted by molar-refractivity contribution is 0.102. The first-order valence-electron chi connectivity index (χ1n) is 7.59. The Bertz CT molecular complexity index is 857. The predicted molar refractivity (Wildman–Crippen MR) is 93.3 cm³/mol. The highest BCUT2D eigenvalue weighted by Crippen LogP contribution is 2.18. The zero-order valence-electron chi connectivity index (χ0n) is 13.6. The normalized spacial score (nSPS) is 10.8. The van der Waals surface area contributed by atoms with Gasteiger partial charge >= 0.3 is 0 Å². The molecular weight excluding hydrogens is 306 g/mol. The van der Waals surface area contributed by atoms with Crippen molar-refractivity contribution in [2.24, 2.45) is 7.05 Å². The van der Waals surface area contributed by atoms with E-state index in [4.69, 9.17) is 5.11 Å². The van der Waals surface area contributed by atoms with E-state index in [0.717, 1.165) is 11.3 Å². The number of imidazole rings is 1. The van der Waals surface area contributed by atoms with Crippen LogP contribution in [0.3, 0.4) is 0 Å². The van der Waals surface area contributed by atoms with Crippen molar-refractivity contribution in [3.63, 3.8) is 0 Å². The topological polar surface area (TPSA) is 83.3 Å². The SMILES string of the molecule is CN(CCO)c1ccc(NC(=O)c2cnc3c(c2)ncn3C)cc1. The summed E-state index contributed by atoms with van der Waals surface area (Å²) in [7, 11) is 3.76. The number of hydrogen-bond donors (Lipinski definition) is 2. The van der Waals surface area contributed by atoms with Crippen LogP contribution in [0, 0.1) is 0 Å². The van der Waals surface area contributed by atoms with Crippen molar-refractivity contribution in [2.45, 2.75) is 0 Å². The maximum Gasteiger partial charge on any atom is 0.257 e. The van der Waals surface area contributed by atoms with Gasteiger partial charge in [0.15, 0.2) is 5.65 Å². The van der Waals surface area contributed by atoms with Gasteiger partial charge in [0.05, 0.1) is 18.5 Å². The summed E-state index contributed by atoms with van der Waals surface area (Å²) in [4.78, 5) is 22.8. The van der Waals surface area contributed by atoms with E-state index in [9.17, 15) is 4.79 Å². The maximum atomic E-state index is 12.4. The summed E-state index contributed by atoms with van der Waals surface area (Å²) >= 11 is 0. The molecule has 7 nitrogen and oxygen atoms in total. The first kappa shape index (κ1) is 15.9. The second-order valence-corrected chi connectivity index (χ2v) is 5.57. The van der Waals surface area contributed by atoms with Gasteiger partial charge in [0.1, 0.15) is 5.52 Å². The van der Waals surface area contributed by atoms with Gasteiger partial charge in [0.2, 0.25) is 0 Å². The number of amides is 1. The van der Waals surface area contributed by atoms with Crippen molar-refractivity contribution in [1.29, 1.82) is 0 Å². The number of benzene rings is 1. The predicted octanol–water partition coefficient (Wildman–Crippen LogP) is 1.65. The molecule has 2 N–H and O–H groups in total. The monoisotopic (exact) mass is 325 g/mol. The van der Waals surface area contributed by atoms with Crippen LogP contribution in [0.2, 0.25) is 0 Å². The molecule has 2 heterocycles. The minimum atomic E-state index is -0.230. The van der Waals surface area contributed by atoms with Crippen LogP contribution in [0.15, 0.2) is 42.9 Å². The van der Waals surface area contributed by atoms with Gasteiger partial charge in [0, 0.05) is 38.2 Å². The van der Waals surface area contributed by atoms with Crippen LogP contribution < -0.4 is 10.2 Å².